The van der Waals surface area contributed by atoms with E-state index in [0.717, 1.165) is 17.8 Å². The van der Waals surface area contributed by atoms with Gasteiger partial charge in [0.05, 0.1) is 11.6 Å². The molecule has 0 aliphatic carbocycles. The average molecular weight is 304 g/mol. The van der Waals surface area contributed by atoms with E-state index in [-0.39, 0.29) is 17.7 Å². The molecule has 1 aliphatic heterocycles. The van der Waals surface area contributed by atoms with Gasteiger partial charge < -0.3 is 10.2 Å². The maximum Gasteiger partial charge on any atom is 0.225 e. The Kier molecular flexibility index (Phi) is 5.49. The maximum atomic E-state index is 12.1. The Labute approximate surface area is 131 Å². The molecule has 0 saturated carbocycles. The third-order valence-corrected chi connectivity index (χ3v) is 4.16. The van der Waals surface area contributed by atoms with Crippen LogP contribution in [0.1, 0.15) is 18.2 Å². The molecule has 0 radical (unpaired) electrons. The lowest BCUT2D eigenvalue weighted by Crippen LogP contribution is -2.40. The Hall–Kier alpha value is -1.95. The molecule has 1 aliphatic rings. The molecular weight excluding hydrogens is 280 g/mol. The zero-order valence-corrected chi connectivity index (χ0v) is 13.5. The van der Waals surface area contributed by atoms with Crippen molar-refractivity contribution in [3.63, 3.8) is 0 Å². The van der Waals surface area contributed by atoms with E-state index in [2.05, 4.69) is 15.2 Å². The molecule has 2 amide bonds. The molecule has 2 rings (SSSR count). The summed E-state index contributed by atoms with van der Waals surface area (Å²) < 4.78 is 0. The van der Waals surface area contributed by atoms with Gasteiger partial charge in [-0.2, -0.15) is 0 Å². The predicted octanol–water partition coefficient (Wildman–Crippen LogP) is 0.416. The topological polar surface area (TPSA) is 65.5 Å². The minimum absolute atomic E-state index is 0.0177. The second-order valence-electron chi connectivity index (χ2n) is 5.78. The van der Waals surface area contributed by atoms with Gasteiger partial charge in [0.1, 0.15) is 0 Å². The van der Waals surface area contributed by atoms with Crippen LogP contribution in [0.15, 0.2) is 18.3 Å². The molecule has 1 fully saturated rings. The minimum atomic E-state index is -0.208. The number of carbonyl (C=O) groups is 2. The first-order valence-electron chi connectivity index (χ1n) is 7.61. The van der Waals surface area contributed by atoms with Crippen molar-refractivity contribution in [3.05, 3.63) is 29.6 Å². The molecule has 0 bridgehead atoms. The largest absolute Gasteiger partial charge is 0.359 e. The molecule has 120 valence electrons. The zero-order chi connectivity index (χ0) is 16.1. The first kappa shape index (κ1) is 16.4. The van der Waals surface area contributed by atoms with Crippen LogP contribution in [0.2, 0.25) is 0 Å². The third-order valence-electron chi connectivity index (χ3n) is 4.16. The van der Waals surface area contributed by atoms with Crippen LogP contribution in [0.3, 0.4) is 0 Å². The van der Waals surface area contributed by atoms with Crippen molar-refractivity contribution in [2.75, 3.05) is 33.2 Å². The van der Waals surface area contributed by atoms with Crippen LogP contribution in [0, 0.1) is 12.8 Å². The van der Waals surface area contributed by atoms with Gasteiger partial charge in [0.15, 0.2) is 0 Å². The van der Waals surface area contributed by atoms with Crippen molar-refractivity contribution in [2.24, 2.45) is 5.92 Å². The highest BCUT2D eigenvalue weighted by atomic mass is 16.2. The molecule has 1 atom stereocenters. The van der Waals surface area contributed by atoms with Crippen LogP contribution in [0.5, 0.6) is 0 Å². The summed E-state index contributed by atoms with van der Waals surface area (Å²) in [4.78, 5) is 32.1. The van der Waals surface area contributed by atoms with Gasteiger partial charge in [-0.15, -0.1) is 0 Å². The summed E-state index contributed by atoms with van der Waals surface area (Å²) in [6, 6.07) is 3.96. The van der Waals surface area contributed by atoms with Crippen molar-refractivity contribution in [1.82, 2.24) is 20.1 Å². The molecular formula is C16H24N4O2. The van der Waals surface area contributed by atoms with Gasteiger partial charge in [-0.3, -0.25) is 19.5 Å². The SMILES string of the molecule is CNC(=O)C1CN(Cc2ncccc2C)CCN(C(C)=O)C1. The molecule has 1 aromatic heterocycles. The summed E-state index contributed by atoms with van der Waals surface area (Å²) in [5.74, 6) is -0.207. The minimum Gasteiger partial charge on any atom is -0.359 e. The molecule has 6 heteroatoms. The lowest BCUT2D eigenvalue weighted by atomic mass is 10.1. The number of rotatable bonds is 3. The molecule has 6 nitrogen and oxygen atoms in total. The van der Waals surface area contributed by atoms with E-state index < -0.39 is 0 Å². The van der Waals surface area contributed by atoms with Crippen molar-refractivity contribution in [1.29, 1.82) is 0 Å². The second-order valence-corrected chi connectivity index (χ2v) is 5.78. The lowest BCUT2D eigenvalue weighted by molar-refractivity contribution is -0.130. The number of nitrogens with zero attached hydrogens (tertiary/aromatic N) is 3. The Morgan fingerprint density at radius 1 is 1.36 bits per heavy atom. The van der Waals surface area contributed by atoms with Gasteiger partial charge in [0, 0.05) is 52.9 Å². The van der Waals surface area contributed by atoms with E-state index in [1.807, 2.05) is 19.1 Å². The fourth-order valence-electron chi connectivity index (χ4n) is 2.78. The Balaban J connectivity index is 2.13. The van der Waals surface area contributed by atoms with E-state index in [1.165, 1.54) is 0 Å². The highest BCUT2D eigenvalue weighted by Crippen LogP contribution is 2.14. The molecule has 2 heterocycles. The first-order valence-corrected chi connectivity index (χ1v) is 7.61. The summed E-state index contributed by atoms with van der Waals surface area (Å²) >= 11 is 0. The predicted molar refractivity (Wildman–Crippen MR) is 84.1 cm³/mol. The fourth-order valence-corrected chi connectivity index (χ4v) is 2.78. The van der Waals surface area contributed by atoms with E-state index >= 15 is 0 Å². The van der Waals surface area contributed by atoms with Crippen molar-refractivity contribution < 1.29 is 9.59 Å². The summed E-state index contributed by atoms with van der Waals surface area (Å²) in [7, 11) is 1.64. The highest BCUT2D eigenvalue weighted by Gasteiger charge is 2.28. The van der Waals surface area contributed by atoms with Gasteiger partial charge >= 0.3 is 0 Å². The molecule has 0 aromatic carbocycles. The van der Waals surface area contributed by atoms with Crippen LogP contribution in [-0.4, -0.2) is 59.8 Å². The summed E-state index contributed by atoms with van der Waals surface area (Å²) in [6.45, 7) is 6.81. The number of hydrogen-bond acceptors (Lipinski definition) is 4. The van der Waals surface area contributed by atoms with Crippen LogP contribution in [0.4, 0.5) is 0 Å². The lowest BCUT2D eigenvalue weighted by Gasteiger charge is -2.23. The normalized spacial score (nSPS) is 19.6. The fraction of sp³-hybridized carbons (Fsp3) is 0.562. The number of carbonyl (C=O) groups excluding carboxylic acids is 2. The van der Waals surface area contributed by atoms with Gasteiger partial charge in [0.2, 0.25) is 11.8 Å². The Morgan fingerprint density at radius 2 is 2.14 bits per heavy atom. The average Bonchev–Trinajstić information content (AvgIpc) is 2.71. The van der Waals surface area contributed by atoms with Gasteiger partial charge in [0.25, 0.3) is 0 Å². The standard InChI is InChI=1S/C16H24N4O2/c1-12-5-4-6-18-15(12)11-19-7-8-20(13(2)21)10-14(9-19)16(22)17-3/h4-6,14H,7-11H2,1-3H3,(H,17,22). The van der Waals surface area contributed by atoms with Crippen molar-refractivity contribution >= 4 is 11.8 Å². The van der Waals surface area contributed by atoms with Crippen LogP contribution >= 0.6 is 0 Å². The van der Waals surface area contributed by atoms with Gasteiger partial charge in [-0.25, -0.2) is 0 Å². The van der Waals surface area contributed by atoms with Crippen LogP contribution < -0.4 is 5.32 Å². The van der Waals surface area contributed by atoms with Crippen molar-refractivity contribution in [3.8, 4) is 0 Å². The van der Waals surface area contributed by atoms with Gasteiger partial charge in [-0.1, -0.05) is 6.07 Å². The molecule has 1 unspecified atom stereocenters. The smallest absolute Gasteiger partial charge is 0.225 e. The molecule has 22 heavy (non-hydrogen) atoms. The highest BCUT2D eigenvalue weighted by molar-refractivity contribution is 5.80. The second kappa shape index (κ2) is 7.35. The first-order chi connectivity index (χ1) is 10.5. The number of aryl methyl sites for hydroxylation is 1. The van der Waals surface area contributed by atoms with Gasteiger partial charge in [-0.05, 0) is 18.6 Å². The zero-order valence-electron chi connectivity index (χ0n) is 13.5. The monoisotopic (exact) mass is 304 g/mol. The van der Waals surface area contributed by atoms with E-state index in [1.54, 1.807) is 25.1 Å². The van der Waals surface area contributed by atoms with Crippen molar-refractivity contribution in [2.45, 2.75) is 20.4 Å². The quantitative estimate of drug-likeness (QED) is 0.879. The number of aromatic nitrogens is 1. The number of pyridine rings is 1. The molecule has 0 spiro atoms. The number of amides is 2. The maximum absolute atomic E-state index is 12.1. The van der Waals surface area contributed by atoms with E-state index in [0.29, 0.717) is 26.2 Å². The van der Waals surface area contributed by atoms with Crippen LogP contribution in [-0.2, 0) is 16.1 Å². The summed E-state index contributed by atoms with van der Waals surface area (Å²) in [5.41, 5.74) is 2.17. The summed E-state index contributed by atoms with van der Waals surface area (Å²) in [6.07, 6.45) is 1.79. The molecule has 1 saturated heterocycles. The third kappa shape index (κ3) is 4.04. The number of nitrogens with one attached hydrogen (secondary N) is 1. The van der Waals surface area contributed by atoms with Crippen LogP contribution in [0.25, 0.3) is 0 Å². The Bertz CT molecular complexity index is 547. The summed E-state index contributed by atoms with van der Waals surface area (Å²) in [5, 5.41) is 2.70. The molecule has 1 aromatic rings. The Morgan fingerprint density at radius 3 is 2.77 bits per heavy atom. The number of hydrogen-bond donors (Lipinski definition) is 1. The van der Waals surface area contributed by atoms with E-state index in [4.69, 9.17) is 0 Å². The molecule has 1 N–H and O–H groups in total. The van der Waals surface area contributed by atoms with E-state index in [9.17, 15) is 9.59 Å².